The van der Waals surface area contributed by atoms with E-state index in [1.807, 2.05) is 0 Å². The van der Waals surface area contributed by atoms with Gasteiger partial charge in [-0.2, -0.15) is 0 Å². The Hall–Kier alpha value is -2.17. The highest BCUT2D eigenvalue weighted by Crippen LogP contribution is 2.25. The number of hydrogen-bond acceptors (Lipinski definition) is 8. The molecule has 1 fully saturated rings. The summed E-state index contributed by atoms with van der Waals surface area (Å²) in [5.74, 6) is -0.389. The number of nitrogens with one attached hydrogen (secondary N) is 1. The van der Waals surface area contributed by atoms with Gasteiger partial charge in [0.25, 0.3) is 0 Å². The van der Waals surface area contributed by atoms with Crippen molar-refractivity contribution in [1.82, 2.24) is 10.2 Å². The van der Waals surface area contributed by atoms with E-state index in [1.165, 1.54) is 51.4 Å². The van der Waals surface area contributed by atoms with Gasteiger partial charge < -0.3 is 25.4 Å². The van der Waals surface area contributed by atoms with Gasteiger partial charge in [-0.3, -0.25) is 15.0 Å². The second-order valence-corrected chi connectivity index (χ2v) is 9.65. The Kier molecular flexibility index (Phi) is 14.5. The minimum atomic E-state index is -1.35. The van der Waals surface area contributed by atoms with Gasteiger partial charge in [-0.05, 0) is 32.1 Å². The number of ether oxygens (including phenoxy) is 2. The number of allylic oxidation sites excluding steroid dienone is 2. The third-order valence-electron chi connectivity index (χ3n) is 6.58. The number of carbonyl (C=O) groups is 2. The minimum Gasteiger partial charge on any atom is -0.463 e. The van der Waals surface area contributed by atoms with Crippen molar-refractivity contribution in [2.24, 2.45) is 10.7 Å². The highest BCUT2D eigenvalue weighted by Gasteiger charge is 2.47. The van der Waals surface area contributed by atoms with Gasteiger partial charge in [0.15, 0.2) is 12.2 Å². The van der Waals surface area contributed by atoms with Crippen LogP contribution in [0, 0.1) is 0 Å². The standard InChI is InChI=1S/C26H46N4O6/c1-2-3-4-5-6-7-8-9-10-11-12-13-14-15-16-17-21(31)35-18-20-22(32)23(33)24(36-20)30-19-28-25(27)29-26(30)34/h9-10,20,22-24,32-33H,2-8,11-19H2,1H3,(H3,27,28,29,34)/b10-9+/t20-,22-,23-,24-/m1/s1. The summed E-state index contributed by atoms with van der Waals surface area (Å²) in [6.45, 7) is 1.95. The molecule has 0 aromatic rings. The van der Waals surface area contributed by atoms with Crippen molar-refractivity contribution in [3.05, 3.63) is 12.2 Å². The molecule has 2 rings (SSSR count). The fourth-order valence-electron chi connectivity index (χ4n) is 4.35. The highest BCUT2D eigenvalue weighted by molar-refractivity contribution is 5.96. The van der Waals surface area contributed by atoms with Crippen LogP contribution in [0.5, 0.6) is 0 Å². The number of amides is 2. The van der Waals surface area contributed by atoms with E-state index in [-0.39, 0.29) is 25.2 Å². The molecule has 2 aliphatic rings. The number of aliphatic hydroxyl groups is 2. The van der Waals surface area contributed by atoms with Crippen molar-refractivity contribution >= 4 is 18.0 Å². The lowest BCUT2D eigenvalue weighted by Crippen LogP contribution is -2.56. The maximum atomic E-state index is 12.1. The monoisotopic (exact) mass is 510 g/mol. The van der Waals surface area contributed by atoms with Gasteiger partial charge >= 0.3 is 12.0 Å². The summed E-state index contributed by atoms with van der Waals surface area (Å²) in [7, 11) is 0. The minimum absolute atomic E-state index is 0.0228. The van der Waals surface area contributed by atoms with E-state index in [0.717, 1.165) is 37.0 Å². The predicted molar refractivity (Wildman–Crippen MR) is 138 cm³/mol. The molecule has 2 amide bonds. The Morgan fingerprint density at radius 1 is 1.06 bits per heavy atom. The smallest absolute Gasteiger partial charge is 0.327 e. The Morgan fingerprint density at radius 2 is 1.67 bits per heavy atom. The number of aliphatic imine (C=N–C) groups is 1. The second kappa shape index (κ2) is 17.3. The third kappa shape index (κ3) is 10.8. The Labute approximate surface area is 215 Å². The maximum absolute atomic E-state index is 12.1. The number of guanidine groups is 1. The molecule has 36 heavy (non-hydrogen) atoms. The van der Waals surface area contributed by atoms with Crippen molar-refractivity contribution in [1.29, 1.82) is 0 Å². The van der Waals surface area contributed by atoms with Gasteiger partial charge in [0.05, 0.1) is 0 Å². The van der Waals surface area contributed by atoms with Crippen LogP contribution in [0.15, 0.2) is 17.1 Å². The number of carbonyl (C=O) groups excluding carboxylic acids is 2. The van der Waals surface area contributed by atoms with E-state index < -0.39 is 30.6 Å². The largest absolute Gasteiger partial charge is 0.463 e. The van der Waals surface area contributed by atoms with Gasteiger partial charge in [-0.1, -0.05) is 70.4 Å². The molecule has 206 valence electrons. The van der Waals surface area contributed by atoms with E-state index in [2.05, 4.69) is 29.4 Å². The number of nitrogens with two attached hydrogens (primary N) is 1. The van der Waals surface area contributed by atoms with Crippen molar-refractivity contribution in [2.75, 3.05) is 13.3 Å². The van der Waals surface area contributed by atoms with Gasteiger partial charge in [-0.15, -0.1) is 0 Å². The normalized spacial score (nSPS) is 24.2. The number of hydrogen-bond donors (Lipinski definition) is 4. The summed E-state index contributed by atoms with van der Waals surface area (Å²) in [5, 5.41) is 22.8. The Morgan fingerprint density at radius 3 is 2.31 bits per heavy atom. The van der Waals surface area contributed by atoms with Crippen molar-refractivity contribution < 1.29 is 29.3 Å². The number of nitrogens with zero attached hydrogens (tertiary/aromatic N) is 2. The highest BCUT2D eigenvalue weighted by atomic mass is 16.6. The molecule has 0 bridgehead atoms. The molecule has 4 atom stereocenters. The number of unbranched alkanes of at least 4 members (excludes halogenated alkanes) is 11. The lowest BCUT2D eigenvalue weighted by Gasteiger charge is -2.31. The molecule has 0 aromatic heterocycles. The van der Waals surface area contributed by atoms with Crippen molar-refractivity contribution in [2.45, 2.75) is 121 Å². The number of urea groups is 1. The molecule has 0 spiro atoms. The average Bonchev–Trinajstić information content (AvgIpc) is 3.13. The van der Waals surface area contributed by atoms with Crippen LogP contribution in [0.4, 0.5) is 4.79 Å². The maximum Gasteiger partial charge on any atom is 0.327 e. The Balaban J connectivity index is 1.47. The molecule has 10 heteroatoms. The molecule has 0 saturated carbocycles. The molecular formula is C26H46N4O6. The van der Waals surface area contributed by atoms with Gasteiger partial charge in [-0.25, -0.2) is 9.79 Å². The zero-order valence-corrected chi connectivity index (χ0v) is 21.8. The summed E-state index contributed by atoms with van der Waals surface area (Å²) in [6.07, 6.45) is 15.7. The molecule has 5 N–H and O–H groups in total. The first-order chi connectivity index (χ1) is 17.4. The fourth-order valence-corrected chi connectivity index (χ4v) is 4.35. The fraction of sp³-hybridized carbons (Fsp3) is 0.808. The van der Waals surface area contributed by atoms with Crippen LogP contribution in [0.2, 0.25) is 0 Å². The quantitative estimate of drug-likeness (QED) is 0.126. The van der Waals surface area contributed by atoms with E-state index in [1.54, 1.807) is 0 Å². The van der Waals surface area contributed by atoms with Crippen molar-refractivity contribution in [3.63, 3.8) is 0 Å². The number of esters is 1. The van der Waals surface area contributed by atoms with Crippen LogP contribution in [0.25, 0.3) is 0 Å². The summed E-state index contributed by atoms with van der Waals surface area (Å²) < 4.78 is 10.8. The SMILES string of the molecule is CCCCCCCC/C=C/CCCCCCCC(=O)OC[C@H]1O[C@@H](N2CN=C(N)NC2=O)[C@H](O)[C@@H]1O. The van der Waals surface area contributed by atoms with Crippen LogP contribution >= 0.6 is 0 Å². The lowest BCUT2D eigenvalue weighted by atomic mass is 10.1. The van der Waals surface area contributed by atoms with E-state index in [9.17, 15) is 19.8 Å². The summed E-state index contributed by atoms with van der Waals surface area (Å²) in [5.41, 5.74) is 5.45. The molecule has 0 aliphatic carbocycles. The topological polar surface area (TPSA) is 147 Å². The van der Waals surface area contributed by atoms with E-state index in [4.69, 9.17) is 15.2 Å². The molecule has 10 nitrogen and oxygen atoms in total. The number of aliphatic hydroxyl groups excluding tert-OH is 2. The first-order valence-corrected chi connectivity index (χ1v) is 13.6. The molecule has 0 unspecified atom stereocenters. The van der Waals surface area contributed by atoms with Gasteiger partial charge in [0.1, 0.15) is 31.6 Å². The van der Waals surface area contributed by atoms with Crippen LogP contribution < -0.4 is 11.1 Å². The van der Waals surface area contributed by atoms with Crippen LogP contribution in [-0.4, -0.2) is 70.9 Å². The predicted octanol–water partition coefficient (Wildman–Crippen LogP) is 3.31. The third-order valence-corrected chi connectivity index (χ3v) is 6.58. The van der Waals surface area contributed by atoms with Gasteiger partial charge in [0.2, 0.25) is 0 Å². The number of rotatable bonds is 18. The van der Waals surface area contributed by atoms with E-state index in [0.29, 0.717) is 6.42 Å². The summed E-state index contributed by atoms with van der Waals surface area (Å²) in [4.78, 5) is 29.1. The van der Waals surface area contributed by atoms with Crippen LogP contribution in [0.3, 0.4) is 0 Å². The summed E-state index contributed by atoms with van der Waals surface area (Å²) >= 11 is 0. The first kappa shape index (κ1) is 30.1. The van der Waals surface area contributed by atoms with Crippen LogP contribution in [-0.2, 0) is 14.3 Å². The van der Waals surface area contributed by atoms with Crippen molar-refractivity contribution in [3.8, 4) is 0 Å². The lowest BCUT2D eigenvalue weighted by molar-refractivity contribution is -0.151. The molecule has 0 aromatic carbocycles. The second-order valence-electron chi connectivity index (χ2n) is 9.65. The molecular weight excluding hydrogens is 464 g/mol. The summed E-state index contributed by atoms with van der Waals surface area (Å²) in [6, 6.07) is -0.583. The van der Waals surface area contributed by atoms with Gasteiger partial charge in [0, 0.05) is 6.42 Å². The van der Waals surface area contributed by atoms with E-state index >= 15 is 0 Å². The molecule has 2 heterocycles. The first-order valence-electron chi connectivity index (χ1n) is 13.6. The molecule has 0 radical (unpaired) electrons. The zero-order valence-electron chi connectivity index (χ0n) is 21.8. The average molecular weight is 511 g/mol. The zero-order chi connectivity index (χ0) is 26.2. The van der Waals surface area contributed by atoms with Crippen LogP contribution in [0.1, 0.15) is 96.8 Å². The Bertz CT molecular complexity index is 717. The molecule has 1 saturated heterocycles. The molecule has 2 aliphatic heterocycles.